The fourth-order valence-corrected chi connectivity index (χ4v) is 2.12. The molecule has 0 saturated carbocycles. The standard InChI is InChI=1S/C11H10F2O3/c12-11(13,10(15)16)9-4-2-6-1-3-7(14)5-8(6)9/h1,3,5,9,14H,2,4H2,(H,15,16). The monoisotopic (exact) mass is 228 g/mol. The molecule has 1 aliphatic rings. The van der Waals surface area contributed by atoms with Crippen LogP contribution >= 0.6 is 0 Å². The number of aryl methyl sites for hydroxylation is 1. The number of rotatable bonds is 2. The largest absolute Gasteiger partial charge is 0.508 e. The van der Waals surface area contributed by atoms with Crippen molar-refractivity contribution < 1.29 is 23.8 Å². The van der Waals surface area contributed by atoms with E-state index in [4.69, 9.17) is 5.11 Å². The average Bonchev–Trinajstić information content (AvgIpc) is 2.60. The topological polar surface area (TPSA) is 57.5 Å². The molecule has 16 heavy (non-hydrogen) atoms. The molecule has 1 unspecified atom stereocenters. The lowest BCUT2D eigenvalue weighted by Crippen LogP contribution is -2.34. The van der Waals surface area contributed by atoms with Gasteiger partial charge in [-0.3, -0.25) is 0 Å². The molecule has 3 nitrogen and oxygen atoms in total. The average molecular weight is 228 g/mol. The van der Waals surface area contributed by atoms with Gasteiger partial charge in [-0.05, 0) is 36.1 Å². The maximum Gasteiger partial charge on any atom is 0.375 e. The highest BCUT2D eigenvalue weighted by Crippen LogP contribution is 2.44. The number of aromatic hydroxyl groups is 1. The summed E-state index contributed by atoms with van der Waals surface area (Å²) in [6.07, 6.45) is 0.515. The van der Waals surface area contributed by atoms with E-state index in [1.807, 2.05) is 0 Å². The first-order chi connectivity index (χ1) is 7.43. The molecule has 1 aliphatic carbocycles. The van der Waals surface area contributed by atoms with Gasteiger partial charge in [-0.2, -0.15) is 8.78 Å². The van der Waals surface area contributed by atoms with Gasteiger partial charge in [0.05, 0.1) is 5.92 Å². The van der Waals surface area contributed by atoms with Crippen molar-refractivity contribution in [3.8, 4) is 5.75 Å². The highest BCUT2D eigenvalue weighted by Gasteiger charge is 2.50. The van der Waals surface area contributed by atoms with Crippen LogP contribution in [0.1, 0.15) is 23.5 Å². The molecule has 2 rings (SSSR count). The summed E-state index contributed by atoms with van der Waals surface area (Å²) in [5.41, 5.74) is 0.927. The Balaban J connectivity index is 2.43. The predicted octanol–water partition coefficient (Wildman–Crippen LogP) is 2.14. The minimum Gasteiger partial charge on any atom is -0.508 e. The van der Waals surface area contributed by atoms with Gasteiger partial charge in [0, 0.05) is 0 Å². The van der Waals surface area contributed by atoms with Crippen LogP contribution in [0.25, 0.3) is 0 Å². The number of phenolic OH excluding ortho intramolecular Hbond substituents is 1. The zero-order valence-electron chi connectivity index (χ0n) is 8.28. The molecule has 1 aromatic carbocycles. The van der Waals surface area contributed by atoms with E-state index in [9.17, 15) is 18.7 Å². The highest BCUT2D eigenvalue weighted by atomic mass is 19.3. The van der Waals surface area contributed by atoms with Crippen LogP contribution in [0.3, 0.4) is 0 Å². The molecular formula is C11H10F2O3. The number of hydrogen-bond acceptors (Lipinski definition) is 2. The Kier molecular flexibility index (Phi) is 2.33. The number of alkyl halides is 2. The van der Waals surface area contributed by atoms with Crippen molar-refractivity contribution in [2.24, 2.45) is 0 Å². The lowest BCUT2D eigenvalue weighted by Gasteiger charge is -2.19. The van der Waals surface area contributed by atoms with E-state index in [-0.39, 0.29) is 17.7 Å². The molecule has 0 spiro atoms. The van der Waals surface area contributed by atoms with Crippen LogP contribution < -0.4 is 0 Å². The van der Waals surface area contributed by atoms with Crippen molar-refractivity contribution in [2.75, 3.05) is 0 Å². The van der Waals surface area contributed by atoms with Gasteiger partial charge in [-0.15, -0.1) is 0 Å². The number of hydrogen-bond donors (Lipinski definition) is 2. The Morgan fingerprint density at radius 2 is 2.12 bits per heavy atom. The van der Waals surface area contributed by atoms with E-state index in [1.165, 1.54) is 12.1 Å². The van der Waals surface area contributed by atoms with Crippen LogP contribution in [0.5, 0.6) is 5.75 Å². The molecule has 86 valence electrons. The molecular weight excluding hydrogens is 218 g/mol. The fraction of sp³-hybridized carbons (Fsp3) is 0.364. The highest BCUT2D eigenvalue weighted by molar-refractivity contribution is 5.77. The Hall–Kier alpha value is -1.65. The first-order valence-corrected chi connectivity index (χ1v) is 4.86. The smallest absolute Gasteiger partial charge is 0.375 e. The summed E-state index contributed by atoms with van der Waals surface area (Å²) in [5.74, 6) is -7.35. The number of fused-ring (bicyclic) bond motifs is 1. The van der Waals surface area contributed by atoms with E-state index in [0.717, 1.165) is 0 Å². The second-order valence-electron chi connectivity index (χ2n) is 3.90. The predicted molar refractivity (Wildman–Crippen MR) is 51.8 cm³/mol. The summed E-state index contributed by atoms with van der Waals surface area (Å²) >= 11 is 0. The summed E-state index contributed by atoms with van der Waals surface area (Å²) in [7, 11) is 0. The van der Waals surface area contributed by atoms with Gasteiger partial charge in [0.15, 0.2) is 0 Å². The molecule has 1 atom stereocenters. The number of benzene rings is 1. The van der Waals surface area contributed by atoms with Gasteiger partial charge < -0.3 is 10.2 Å². The maximum absolute atomic E-state index is 13.4. The van der Waals surface area contributed by atoms with Gasteiger partial charge >= 0.3 is 11.9 Å². The molecule has 0 amide bonds. The second kappa shape index (κ2) is 3.43. The molecule has 0 saturated heterocycles. The van der Waals surface area contributed by atoms with Crippen molar-refractivity contribution in [1.29, 1.82) is 0 Å². The number of carboxylic acids is 1. The van der Waals surface area contributed by atoms with Crippen LogP contribution in [0, 0.1) is 0 Å². The lowest BCUT2D eigenvalue weighted by atomic mass is 9.94. The number of aliphatic carboxylic acids is 1. The number of carbonyl (C=O) groups is 1. The van der Waals surface area contributed by atoms with Gasteiger partial charge in [0.1, 0.15) is 5.75 Å². The quantitative estimate of drug-likeness (QED) is 0.815. The van der Waals surface area contributed by atoms with Gasteiger partial charge in [-0.1, -0.05) is 6.07 Å². The van der Waals surface area contributed by atoms with Crippen LogP contribution in [0.4, 0.5) is 8.78 Å². The normalized spacial score (nSPS) is 19.5. The zero-order chi connectivity index (χ0) is 11.9. The molecule has 0 radical (unpaired) electrons. The Morgan fingerprint density at radius 1 is 1.44 bits per heavy atom. The first kappa shape index (κ1) is 10.9. The molecule has 5 heteroatoms. The summed E-state index contributed by atoms with van der Waals surface area (Å²) in [6.45, 7) is 0. The molecule has 1 aromatic rings. The third-order valence-electron chi connectivity index (χ3n) is 2.93. The summed E-state index contributed by atoms with van der Waals surface area (Å²) in [5, 5.41) is 17.7. The fourth-order valence-electron chi connectivity index (χ4n) is 2.12. The van der Waals surface area contributed by atoms with E-state index >= 15 is 0 Å². The SMILES string of the molecule is O=C(O)C(F)(F)C1CCc2ccc(O)cc21. The Bertz CT molecular complexity index is 443. The van der Waals surface area contributed by atoms with E-state index in [2.05, 4.69) is 0 Å². The van der Waals surface area contributed by atoms with E-state index < -0.39 is 17.8 Å². The molecule has 0 heterocycles. The molecule has 2 N–H and O–H groups in total. The van der Waals surface area contributed by atoms with Crippen molar-refractivity contribution in [3.05, 3.63) is 29.3 Å². The maximum atomic E-state index is 13.4. The van der Waals surface area contributed by atoms with Crippen molar-refractivity contribution in [2.45, 2.75) is 24.7 Å². The first-order valence-electron chi connectivity index (χ1n) is 4.86. The van der Waals surface area contributed by atoms with Crippen LogP contribution in [0.15, 0.2) is 18.2 Å². The van der Waals surface area contributed by atoms with Crippen molar-refractivity contribution in [3.63, 3.8) is 0 Å². The van der Waals surface area contributed by atoms with Crippen LogP contribution in [-0.2, 0) is 11.2 Å². The molecule has 0 aromatic heterocycles. The zero-order valence-corrected chi connectivity index (χ0v) is 8.28. The lowest BCUT2D eigenvalue weighted by molar-refractivity contribution is -0.168. The minimum atomic E-state index is -3.78. The summed E-state index contributed by atoms with van der Waals surface area (Å²) in [4.78, 5) is 10.5. The third-order valence-corrected chi connectivity index (χ3v) is 2.93. The molecule has 0 aliphatic heterocycles. The van der Waals surface area contributed by atoms with Crippen molar-refractivity contribution in [1.82, 2.24) is 0 Å². The van der Waals surface area contributed by atoms with Crippen molar-refractivity contribution >= 4 is 5.97 Å². The van der Waals surface area contributed by atoms with Crippen LogP contribution in [0.2, 0.25) is 0 Å². The third kappa shape index (κ3) is 1.52. The van der Waals surface area contributed by atoms with Gasteiger partial charge in [-0.25, -0.2) is 4.79 Å². The molecule has 0 bridgehead atoms. The van der Waals surface area contributed by atoms with Crippen LogP contribution in [-0.4, -0.2) is 22.1 Å². The number of halogens is 2. The Labute approximate surface area is 90.3 Å². The minimum absolute atomic E-state index is 0.0953. The van der Waals surface area contributed by atoms with E-state index in [0.29, 0.717) is 12.0 Å². The van der Waals surface area contributed by atoms with Gasteiger partial charge in [0.25, 0.3) is 0 Å². The van der Waals surface area contributed by atoms with E-state index in [1.54, 1.807) is 6.07 Å². The summed E-state index contributed by atoms with van der Waals surface area (Å²) < 4.78 is 26.8. The summed E-state index contributed by atoms with van der Waals surface area (Å²) in [6, 6.07) is 4.20. The number of phenols is 1. The van der Waals surface area contributed by atoms with Gasteiger partial charge in [0.2, 0.25) is 0 Å². The Morgan fingerprint density at radius 3 is 2.75 bits per heavy atom. The number of carboxylic acid groups (broad SMARTS) is 1. The molecule has 0 fully saturated rings. The second-order valence-corrected chi connectivity index (χ2v) is 3.90.